The van der Waals surface area contributed by atoms with Crippen LogP contribution in [0.25, 0.3) is 0 Å². The minimum Gasteiger partial charge on any atom is -0.469 e. The first-order chi connectivity index (χ1) is 11.1. The minimum atomic E-state index is 0.0288. The third kappa shape index (κ3) is 3.32. The van der Waals surface area contributed by atoms with Gasteiger partial charge in [0, 0.05) is 45.2 Å². The number of hydrogen-bond acceptors (Lipinski definition) is 4. The van der Waals surface area contributed by atoms with Crippen LogP contribution >= 0.6 is 0 Å². The maximum Gasteiger partial charge on any atom is 0.224 e. The molecular formula is C17H24N4O2. The van der Waals surface area contributed by atoms with Crippen LogP contribution in [0.2, 0.25) is 0 Å². The minimum absolute atomic E-state index is 0.0288. The lowest BCUT2D eigenvalue weighted by molar-refractivity contribution is -0.127. The number of rotatable bonds is 6. The first-order valence-electron chi connectivity index (χ1n) is 8.08. The number of furan rings is 1. The summed E-state index contributed by atoms with van der Waals surface area (Å²) in [5.74, 6) is 1.17. The Morgan fingerprint density at radius 1 is 1.43 bits per heavy atom. The van der Waals surface area contributed by atoms with Crippen LogP contribution in [-0.4, -0.2) is 39.7 Å². The maximum absolute atomic E-state index is 12.2. The van der Waals surface area contributed by atoms with Crippen molar-refractivity contribution in [1.29, 1.82) is 0 Å². The molecule has 6 nitrogen and oxygen atoms in total. The fourth-order valence-corrected chi connectivity index (χ4v) is 3.36. The fraction of sp³-hybridized carbons (Fsp3) is 0.529. The molecule has 3 rings (SSSR count). The Morgan fingerprint density at radius 3 is 2.91 bits per heavy atom. The van der Waals surface area contributed by atoms with E-state index < -0.39 is 0 Å². The van der Waals surface area contributed by atoms with Gasteiger partial charge in [-0.15, -0.1) is 0 Å². The highest BCUT2D eigenvalue weighted by atomic mass is 16.3. The first-order valence-corrected chi connectivity index (χ1v) is 8.08. The van der Waals surface area contributed by atoms with Crippen LogP contribution in [0.15, 0.2) is 35.1 Å². The maximum atomic E-state index is 12.2. The van der Waals surface area contributed by atoms with E-state index in [2.05, 4.69) is 17.3 Å². The van der Waals surface area contributed by atoms with Crippen LogP contribution in [0.5, 0.6) is 0 Å². The Bertz CT molecular complexity index is 649. The van der Waals surface area contributed by atoms with Gasteiger partial charge in [0.05, 0.1) is 18.0 Å². The highest BCUT2D eigenvalue weighted by Crippen LogP contribution is 2.31. The number of likely N-dealkylation sites (tertiary alicyclic amines) is 1. The summed E-state index contributed by atoms with van der Waals surface area (Å²) < 4.78 is 7.23. The molecule has 2 aromatic heterocycles. The molecule has 1 aliphatic heterocycles. The molecule has 23 heavy (non-hydrogen) atoms. The van der Waals surface area contributed by atoms with Gasteiger partial charge in [-0.05, 0) is 31.5 Å². The summed E-state index contributed by atoms with van der Waals surface area (Å²) in [5.41, 5.74) is 1.06. The van der Waals surface area contributed by atoms with Crippen LogP contribution in [0.1, 0.15) is 37.3 Å². The monoisotopic (exact) mass is 316 g/mol. The summed E-state index contributed by atoms with van der Waals surface area (Å²) in [7, 11) is 3.79. The van der Waals surface area contributed by atoms with Gasteiger partial charge in [-0.1, -0.05) is 0 Å². The zero-order valence-electron chi connectivity index (χ0n) is 13.9. The van der Waals surface area contributed by atoms with E-state index in [4.69, 9.17) is 4.42 Å². The lowest BCUT2D eigenvalue weighted by atomic mass is 10.0. The van der Waals surface area contributed by atoms with Crippen LogP contribution in [0, 0.1) is 0 Å². The first kappa shape index (κ1) is 15.8. The van der Waals surface area contributed by atoms with E-state index in [1.807, 2.05) is 41.9 Å². The normalized spacial score (nSPS) is 22.7. The Kier molecular flexibility index (Phi) is 4.52. The van der Waals surface area contributed by atoms with Crippen LogP contribution in [-0.2, 0) is 18.3 Å². The average molecular weight is 316 g/mol. The molecule has 0 aliphatic carbocycles. The summed E-state index contributed by atoms with van der Waals surface area (Å²) in [5, 5.41) is 7.87. The van der Waals surface area contributed by atoms with E-state index in [0.717, 1.165) is 24.3 Å². The predicted octanol–water partition coefficient (Wildman–Crippen LogP) is 1.90. The number of likely N-dealkylation sites (N-methyl/N-ethyl adjacent to an activating group) is 1. The highest BCUT2D eigenvalue weighted by molar-refractivity contribution is 5.80. The van der Waals surface area contributed by atoms with Crippen molar-refractivity contribution in [2.75, 3.05) is 7.05 Å². The summed E-state index contributed by atoms with van der Waals surface area (Å²) in [6.45, 7) is 2.16. The topological polar surface area (TPSA) is 63.3 Å². The second-order valence-corrected chi connectivity index (χ2v) is 6.33. The molecule has 0 spiro atoms. The van der Waals surface area contributed by atoms with Crippen LogP contribution < -0.4 is 5.32 Å². The smallest absolute Gasteiger partial charge is 0.224 e. The second kappa shape index (κ2) is 6.58. The van der Waals surface area contributed by atoms with Gasteiger partial charge in [0.2, 0.25) is 5.91 Å². The van der Waals surface area contributed by atoms with Crippen molar-refractivity contribution in [1.82, 2.24) is 20.0 Å². The number of amides is 1. The van der Waals surface area contributed by atoms with Crippen molar-refractivity contribution in [3.63, 3.8) is 0 Å². The summed E-state index contributed by atoms with van der Waals surface area (Å²) in [6, 6.07) is 6.34. The molecule has 1 N–H and O–H groups in total. The van der Waals surface area contributed by atoms with E-state index in [-0.39, 0.29) is 18.0 Å². The molecular weight excluding hydrogens is 292 g/mol. The Hall–Kier alpha value is -2.08. The zero-order valence-corrected chi connectivity index (χ0v) is 13.9. The summed E-state index contributed by atoms with van der Waals surface area (Å²) >= 11 is 0. The third-order valence-corrected chi connectivity index (χ3v) is 4.65. The number of carbonyl (C=O) groups is 1. The van der Waals surface area contributed by atoms with E-state index in [9.17, 15) is 4.79 Å². The average Bonchev–Trinajstić information content (AvgIpc) is 3.21. The third-order valence-electron chi connectivity index (χ3n) is 4.65. The van der Waals surface area contributed by atoms with E-state index in [1.165, 1.54) is 0 Å². The van der Waals surface area contributed by atoms with Gasteiger partial charge < -0.3 is 14.6 Å². The number of aromatic nitrogens is 2. The van der Waals surface area contributed by atoms with Crippen molar-refractivity contribution in [3.8, 4) is 0 Å². The van der Waals surface area contributed by atoms with Crippen molar-refractivity contribution in [2.24, 2.45) is 7.05 Å². The zero-order chi connectivity index (χ0) is 16.4. The van der Waals surface area contributed by atoms with Gasteiger partial charge in [-0.2, -0.15) is 5.10 Å². The number of nitrogens with one attached hydrogen (secondary N) is 1. The van der Waals surface area contributed by atoms with Crippen LogP contribution in [0.4, 0.5) is 0 Å². The summed E-state index contributed by atoms with van der Waals surface area (Å²) in [4.78, 5) is 14.0. The molecule has 1 saturated heterocycles. The molecule has 124 valence electrons. The van der Waals surface area contributed by atoms with Gasteiger partial charge in [-0.25, -0.2) is 0 Å². The van der Waals surface area contributed by atoms with Gasteiger partial charge >= 0.3 is 0 Å². The molecule has 3 heterocycles. The van der Waals surface area contributed by atoms with Gasteiger partial charge in [-0.3, -0.25) is 9.48 Å². The summed E-state index contributed by atoms with van der Waals surface area (Å²) in [6.07, 6.45) is 5.88. The number of hydrogen-bond donors (Lipinski definition) is 1. The Morgan fingerprint density at radius 2 is 2.26 bits per heavy atom. The molecule has 0 aromatic carbocycles. The largest absolute Gasteiger partial charge is 0.469 e. The second-order valence-electron chi connectivity index (χ2n) is 6.33. The van der Waals surface area contributed by atoms with Crippen LogP contribution in [0.3, 0.4) is 0 Å². The van der Waals surface area contributed by atoms with Gasteiger partial charge in [0.25, 0.3) is 0 Å². The molecule has 0 unspecified atom stereocenters. The molecule has 6 heteroatoms. The van der Waals surface area contributed by atoms with E-state index in [1.54, 1.807) is 12.5 Å². The van der Waals surface area contributed by atoms with Gasteiger partial charge in [0.15, 0.2) is 0 Å². The Balaban J connectivity index is 1.65. The SMILES string of the molecule is C[C@@H](CCc1ccco1)N[C@@H]1CC(=O)N(C)[C@H]1c1ccnn1C. The molecule has 1 aliphatic rings. The molecule has 0 saturated carbocycles. The molecule has 1 amide bonds. The van der Waals surface area contributed by atoms with Crippen molar-refractivity contribution < 1.29 is 9.21 Å². The molecule has 1 fully saturated rings. The molecule has 2 aromatic rings. The molecule has 3 atom stereocenters. The van der Waals surface area contributed by atoms with Gasteiger partial charge in [0.1, 0.15) is 5.76 Å². The quantitative estimate of drug-likeness (QED) is 0.884. The number of carbonyl (C=O) groups excluding carboxylic acids is 1. The number of aryl methyl sites for hydroxylation is 2. The van der Waals surface area contributed by atoms with Crippen molar-refractivity contribution in [2.45, 2.75) is 44.3 Å². The lowest BCUT2D eigenvalue weighted by Crippen LogP contribution is -2.41. The van der Waals surface area contributed by atoms with E-state index >= 15 is 0 Å². The standard InChI is InChI=1S/C17H24N4O2/c1-12(6-7-13-5-4-10-23-13)19-14-11-16(22)20(2)17(14)15-8-9-18-21(15)3/h4-5,8-10,12,14,17,19H,6-7,11H2,1-3H3/t12-,14+,17+/m0/s1. The fourth-order valence-electron chi connectivity index (χ4n) is 3.36. The van der Waals surface area contributed by atoms with E-state index in [0.29, 0.717) is 12.5 Å². The lowest BCUT2D eigenvalue weighted by Gasteiger charge is -2.28. The predicted molar refractivity (Wildman–Crippen MR) is 86.8 cm³/mol. The number of nitrogens with zero attached hydrogens (tertiary/aromatic N) is 3. The Labute approximate surface area is 136 Å². The molecule has 0 bridgehead atoms. The van der Waals surface area contributed by atoms with Crippen molar-refractivity contribution in [3.05, 3.63) is 42.1 Å². The van der Waals surface area contributed by atoms with Crippen molar-refractivity contribution >= 4 is 5.91 Å². The highest BCUT2D eigenvalue weighted by Gasteiger charge is 2.40. The molecule has 0 radical (unpaired) electrons.